The molecule has 1 aliphatic carbocycles. The van der Waals surface area contributed by atoms with Gasteiger partial charge in [0.05, 0.1) is 0 Å². The van der Waals surface area contributed by atoms with Crippen LogP contribution >= 0.6 is 0 Å². The maximum atomic E-state index is 4.63. The van der Waals surface area contributed by atoms with Crippen LogP contribution in [-0.2, 0) is 12.8 Å². The second-order valence-corrected chi connectivity index (χ2v) is 5.95. The van der Waals surface area contributed by atoms with E-state index in [0.717, 1.165) is 6.04 Å². The van der Waals surface area contributed by atoms with Crippen molar-refractivity contribution in [1.82, 2.24) is 9.88 Å². The first-order chi connectivity index (χ1) is 9.83. The molecule has 1 aromatic rings. The molecule has 1 aromatic heterocycles. The van der Waals surface area contributed by atoms with Crippen LogP contribution in [0.3, 0.4) is 0 Å². The zero-order valence-corrected chi connectivity index (χ0v) is 13.5. The molecule has 0 saturated carbocycles. The van der Waals surface area contributed by atoms with Crippen molar-refractivity contribution >= 4 is 0 Å². The van der Waals surface area contributed by atoms with E-state index >= 15 is 0 Å². The third kappa shape index (κ3) is 3.82. The topological polar surface area (TPSA) is 16.1 Å². The number of aryl methyl sites for hydroxylation is 3. The number of fused-ring (bicyclic) bond motifs is 1. The average Bonchev–Trinajstić information content (AvgIpc) is 2.97. The molecule has 1 unspecified atom stereocenters. The molecule has 0 bridgehead atoms. The first kappa shape index (κ1) is 15.5. The van der Waals surface area contributed by atoms with E-state index < -0.39 is 0 Å². The van der Waals surface area contributed by atoms with Gasteiger partial charge in [-0.15, -0.1) is 0 Å². The van der Waals surface area contributed by atoms with Crippen molar-refractivity contribution < 1.29 is 0 Å². The van der Waals surface area contributed by atoms with Gasteiger partial charge in [-0.1, -0.05) is 19.9 Å². The van der Waals surface area contributed by atoms with E-state index in [1.165, 1.54) is 74.9 Å². The Morgan fingerprint density at radius 2 is 1.80 bits per heavy atom. The lowest BCUT2D eigenvalue weighted by molar-refractivity contribution is 0.213. The predicted octanol–water partition coefficient (Wildman–Crippen LogP) is 4.15. The van der Waals surface area contributed by atoms with Crippen molar-refractivity contribution in [3.63, 3.8) is 0 Å². The molecule has 1 saturated heterocycles. The molecular weight excluding hydrogens is 244 g/mol. The van der Waals surface area contributed by atoms with Crippen LogP contribution in [0.15, 0.2) is 12.3 Å². The van der Waals surface area contributed by atoms with Gasteiger partial charge < -0.3 is 4.90 Å². The summed E-state index contributed by atoms with van der Waals surface area (Å²) in [6.07, 6.45) is 11.3. The molecule has 1 atom stereocenters. The monoisotopic (exact) mass is 274 g/mol. The number of nitrogens with zero attached hydrogens (tertiary/aromatic N) is 2. The van der Waals surface area contributed by atoms with Crippen LogP contribution in [0.1, 0.15) is 62.8 Å². The lowest BCUT2D eigenvalue weighted by atomic mass is 9.92. The third-order valence-electron chi connectivity index (χ3n) is 4.55. The molecule has 20 heavy (non-hydrogen) atoms. The fourth-order valence-electron chi connectivity index (χ4n) is 3.54. The summed E-state index contributed by atoms with van der Waals surface area (Å²) in [5, 5.41) is 0. The summed E-state index contributed by atoms with van der Waals surface area (Å²) in [6.45, 7) is 8.83. The van der Waals surface area contributed by atoms with Gasteiger partial charge in [0.1, 0.15) is 0 Å². The normalized spacial score (nSPS) is 23.2. The lowest BCUT2D eigenvalue weighted by Crippen LogP contribution is -2.34. The molecular formula is C18H30N2. The van der Waals surface area contributed by atoms with Gasteiger partial charge in [-0.3, -0.25) is 4.98 Å². The van der Waals surface area contributed by atoms with E-state index in [-0.39, 0.29) is 0 Å². The van der Waals surface area contributed by atoms with Crippen LogP contribution in [0.25, 0.3) is 0 Å². The zero-order valence-electron chi connectivity index (χ0n) is 13.5. The van der Waals surface area contributed by atoms with Gasteiger partial charge in [-0.25, -0.2) is 0 Å². The van der Waals surface area contributed by atoms with Crippen molar-refractivity contribution in [2.24, 2.45) is 0 Å². The van der Waals surface area contributed by atoms with Crippen molar-refractivity contribution in [2.75, 3.05) is 13.1 Å². The minimum Gasteiger partial charge on any atom is -0.300 e. The Labute approximate surface area is 124 Å². The molecule has 0 aromatic carbocycles. The molecule has 2 nitrogen and oxygen atoms in total. The van der Waals surface area contributed by atoms with E-state index in [2.05, 4.69) is 22.9 Å². The first-order valence-corrected chi connectivity index (χ1v) is 8.51. The largest absolute Gasteiger partial charge is 0.300 e. The highest BCUT2D eigenvalue weighted by molar-refractivity contribution is 5.25. The molecule has 2 heterocycles. The standard InChI is InChI=1S/C16H24N2.C2H6/c1-13-11-14-7-8-15(18-9-2-3-10-18)5-4-6-16(14)17-12-13;1-2/h11-12,15H,2-10H2,1H3;1-2H3. The molecule has 0 radical (unpaired) electrons. The van der Waals surface area contributed by atoms with Crippen molar-refractivity contribution in [2.45, 2.75) is 71.8 Å². The third-order valence-corrected chi connectivity index (χ3v) is 4.55. The fraction of sp³-hybridized carbons (Fsp3) is 0.722. The molecule has 2 aliphatic rings. The Morgan fingerprint density at radius 1 is 1.05 bits per heavy atom. The van der Waals surface area contributed by atoms with E-state index in [0.29, 0.717) is 0 Å². The number of rotatable bonds is 1. The van der Waals surface area contributed by atoms with Crippen LogP contribution in [0.5, 0.6) is 0 Å². The van der Waals surface area contributed by atoms with Gasteiger partial charge in [0.25, 0.3) is 0 Å². The van der Waals surface area contributed by atoms with E-state index in [4.69, 9.17) is 0 Å². The zero-order chi connectivity index (χ0) is 14.4. The second kappa shape index (κ2) is 7.78. The molecule has 0 spiro atoms. The maximum absolute atomic E-state index is 4.63. The van der Waals surface area contributed by atoms with Crippen LogP contribution in [0.4, 0.5) is 0 Å². The quantitative estimate of drug-likeness (QED) is 0.765. The highest BCUT2D eigenvalue weighted by atomic mass is 15.2. The number of aromatic nitrogens is 1. The summed E-state index contributed by atoms with van der Waals surface area (Å²) >= 11 is 0. The van der Waals surface area contributed by atoms with Gasteiger partial charge in [0, 0.05) is 17.9 Å². The van der Waals surface area contributed by atoms with E-state index in [1.807, 2.05) is 20.0 Å². The van der Waals surface area contributed by atoms with Gasteiger partial charge in [0.2, 0.25) is 0 Å². The van der Waals surface area contributed by atoms with Crippen molar-refractivity contribution in [1.29, 1.82) is 0 Å². The Bertz CT molecular complexity index is 408. The second-order valence-electron chi connectivity index (χ2n) is 5.95. The summed E-state index contributed by atoms with van der Waals surface area (Å²) in [5.74, 6) is 0. The molecule has 3 rings (SSSR count). The van der Waals surface area contributed by atoms with Gasteiger partial charge >= 0.3 is 0 Å². The fourth-order valence-corrected chi connectivity index (χ4v) is 3.54. The summed E-state index contributed by atoms with van der Waals surface area (Å²) in [5.41, 5.74) is 4.19. The molecule has 112 valence electrons. The minimum absolute atomic E-state index is 0.834. The number of hydrogen-bond donors (Lipinski definition) is 0. The molecule has 0 N–H and O–H groups in total. The van der Waals surface area contributed by atoms with Crippen molar-refractivity contribution in [3.05, 3.63) is 29.1 Å². The summed E-state index contributed by atoms with van der Waals surface area (Å²) < 4.78 is 0. The van der Waals surface area contributed by atoms with E-state index in [1.54, 1.807) is 0 Å². The maximum Gasteiger partial charge on any atom is 0.0435 e. The van der Waals surface area contributed by atoms with Crippen molar-refractivity contribution in [3.8, 4) is 0 Å². The highest BCUT2D eigenvalue weighted by Crippen LogP contribution is 2.24. The predicted molar refractivity (Wildman–Crippen MR) is 86.2 cm³/mol. The SMILES string of the molecule is CC.Cc1cnc2c(c1)CCC(N1CCCC1)CCC2. The van der Waals surface area contributed by atoms with Gasteiger partial charge in [0.15, 0.2) is 0 Å². The Balaban J connectivity index is 0.000000704. The van der Waals surface area contributed by atoms with E-state index in [9.17, 15) is 0 Å². The average molecular weight is 274 g/mol. The number of pyridine rings is 1. The summed E-state index contributed by atoms with van der Waals surface area (Å²) in [4.78, 5) is 7.36. The summed E-state index contributed by atoms with van der Waals surface area (Å²) in [7, 11) is 0. The van der Waals surface area contributed by atoms with Gasteiger partial charge in [-0.2, -0.15) is 0 Å². The Kier molecular flexibility index (Phi) is 6.03. The highest BCUT2D eigenvalue weighted by Gasteiger charge is 2.23. The van der Waals surface area contributed by atoms with Gasteiger partial charge in [-0.05, 0) is 76.1 Å². The van der Waals surface area contributed by atoms with Crippen LogP contribution < -0.4 is 0 Å². The Morgan fingerprint density at radius 3 is 2.55 bits per heavy atom. The smallest absolute Gasteiger partial charge is 0.0435 e. The number of hydrogen-bond acceptors (Lipinski definition) is 2. The van der Waals surface area contributed by atoms with Crippen LogP contribution in [-0.4, -0.2) is 29.0 Å². The molecule has 1 aliphatic heterocycles. The molecule has 0 amide bonds. The van der Waals surface area contributed by atoms with Crippen LogP contribution in [0.2, 0.25) is 0 Å². The summed E-state index contributed by atoms with van der Waals surface area (Å²) in [6, 6.07) is 3.19. The molecule has 1 fully saturated rings. The molecule has 2 heteroatoms. The number of likely N-dealkylation sites (tertiary alicyclic amines) is 1. The Hall–Kier alpha value is -0.890. The van der Waals surface area contributed by atoms with Crippen LogP contribution in [0, 0.1) is 6.92 Å². The minimum atomic E-state index is 0.834. The first-order valence-electron chi connectivity index (χ1n) is 8.51. The lowest BCUT2D eigenvalue weighted by Gasteiger charge is -2.29.